The lowest BCUT2D eigenvalue weighted by Gasteiger charge is -2.24. The van der Waals surface area contributed by atoms with Gasteiger partial charge in [-0.15, -0.1) is 0 Å². The van der Waals surface area contributed by atoms with Gasteiger partial charge < -0.3 is 14.6 Å². The summed E-state index contributed by atoms with van der Waals surface area (Å²) in [5.74, 6) is 0.382. The molecule has 2 heterocycles. The van der Waals surface area contributed by atoms with Gasteiger partial charge in [0.05, 0.1) is 12.9 Å². The largest absolute Gasteiger partial charge is 0.484 e. The van der Waals surface area contributed by atoms with Gasteiger partial charge in [0.15, 0.2) is 0 Å². The Kier molecular flexibility index (Phi) is 6.39. The minimum atomic E-state index is -0.483. The molecule has 0 bridgehead atoms. The van der Waals surface area contributed by atoms with Crippen molar-refractivity contribution in [2.45, 2.75) is 25.6 Å². The quantitative estimate of drug-likeness (QED) is 0.610. The van der Waals surface area contributed by atoms with E-state index in [-0.39, 0.29) is 18.3 Å². The summed E-state index contributed by atoms with van der Waals surface area (Å²) in [6, 6.07) is 14.4. The zero-order chi connectivity index (χ0) is 20.8. The van der Waals surface area contributed by atoms with E-state index in [2.05, 4.69) is 10.3 Å². The molecule has 0 fully saturated rings. The van der Waals surface area contributed by atoms with Crippen LogP contribution in [0.25, 0.3) is 0 Å². The minimum Gasteiger partial charge on any atom is -0.484 e. The van der Waals surface area contributed by atoms with Gasteiger partial charge in [0, 0.05) is 49.7 Å². The molecular formula is C23H25FN4O2. The molecule has 3 aromatic rings. The zero-order valence-corrected chi connectivity index (χ0v) is 16.7. The predicted molar refractivity (Wildman–Crippen MR) is 111 cm³/mol. The second-order valence-corrected chi connectivity index (χ2v) is 7.41. The topological polar surface area (TPSA) is 59.4 Å². The molecule has 1 atom stereocenters. The molecule has 1 aromatic heterocycles. The molecule has 0 aliphatic carbocycles. The number of hydrogen-bond acceptors (Lipinski definition) is 4. The summed E-state index contributed by atoms with van der Waals surface area (Å²) in [5, 5.41) is 2.97. The average Bonchev–Trinajstić information content (AvgIpc) is 3.19. The van der Waals surface area contributed by atoms with Crippen LogP contribution >= 0.6 is 0 Å². The van der Waals surface area contributed by atoms with Crippen LogP contribution in [0.1, 0.15) is 23.7 Å². The third-order valence-corrected chi connectivity index (χ3v) is 5.15. The molecule has 7 heteroatoms. The summed E-state index contributed by atoms with van der Waals surface area (Å²) >= 11 is 0. The number of rotatable bonds is 7. The normalized spacial score (nSPS) is 16.4. The lowest BCUT2D eigenvalue weighted by atomic mass is 10.1. The van der Waals surface area contributed by atoms with Crippen molar-refractivity contribution in [1.82, 2.24) is 19.8 Å². The maximum atomic E-state index is 14.4. The molecule has 1 aliphatic heterocycles. The van der Waals surface area contributed by atoms with E-state index in [0.29, 0.717) is 25.2 Å². The van der Waals surface area contributed by atoms with Gasteiger partial charge in [0.2, 0.25) is 5.91 Å². The summed E-state index contributed by atoms with van der Waals surface area (Å²) < 4.78 is 22.5. The third kappa shape index (κ3) is 5.04. The first kappa shape index (κ1) is 20.1. The third-order valence-electron chi connectivity index (χ3n) is 5.15. The van der Waals surface area contributed by atoms with Crippen molar-refractivity contribution in [3.05, 3.63) is 84.2 Å². The van der Waals surface area contributed by atoms with Crippen molar-refractivity contribution >= 4 is 5.91 Å². The Hall–Kier alpha value is -3.19. The number of imidazole rings is 1. The molecule has 2 aromatic carbocycles. The second kappa shape index (κ2) is 9.54. The Morgan fingerprint density at radius 3 is 2.87 bits per heavy atom. The number of carbonyl (C=O) groups excluding carboxylic acids is 1. The van der Waals surface area contributed by atoms with Crippen molar-refractivity contribution in [1.29, 1.82) is 0 Å². The number of fused-ring (bicyclic) bond motifs is 1. The van der Waals surface area contributed by atoms with Crippen molar-refractivity contribution < 1.29 is 13.9 Å². The van der Waals surface area contributed by atoms with Gasteiger partial charge >= 0.3 is 0 Å². The first-order chi connectivity index (χ1) is 14.7. The zero-order valence-electron chi connectivity index (χ0n) is 16.7. The summed E-state index contributed by atoms with van der Waals surface area (Å²) in [6.45, 7) is 2.63. The minimum absolute atomic E-state index is 0.0488. The smallest absolute Gasteiger partial charge is 0.234 e. The highest BCUT2D eigenvalue weighted by atomic mass is 19.1. The molecule has 1 amide bonds. The number of para-hydroxylation sites is 1. The van der Waals surface area contributed by atoms with E-state index in [9.17, 15) is 9.18 Å². The Morgan fingerprint density at radius 1 is 1.20 bits per heavy atom. The van der Waals surface area contributed by atoms with Crippen LogP contribution < -0.4 is 10.1 Å². The standard InChI is InChI=1S/C23H25FN4O2/c24-20-8-3-2-7-19(20)22-15-28(14-18-6-1-4-9-21(18)30-22)16-23(29)26-10-5-12-27-13-11-25-17-27/h1-4,6-9,11,13,17,22H,5,10,12,14-16H2,(H,26,29). The fourth-order valence-corrected chi connectivity index (χ4v) is 3.67. The first-order valence-electron chi connectivity index (χ1n) is 10.1. The summed E-state index contributed by atoms with van der Waals surface area (Å²) in [7, 11) is 0. The van der Waals surface area contributed by atoms with Crippen molar-refractivity contribution in [2.75, 3.05) is 19.6 Å². The van der Waals surface area contributed by atoms with Gasteiger partial charge in [-0.25, -0.2) is 9.37 Å². The van der Waals surface area contributed by atoms with Gasteiger partial charge in [-0.05, 0) is 18.6 Å². The lowest BCUT2D eigenvalue weighted by molar-refractivity contribution is -0.122. The number of carbonyl (C=O) groups is 1. The van der Waals surface area contributed by atoms with Crippen LogP contribution in [-0.2, 0) is 17.9 Å². The van der Waals surface area contributed by atoms with Crippen LogP contribution in [0.4, 0.5) is 4.39 Å². The van der Waals surface area contributed by atoms with Gasteiger partial charge in [-0.2, -0.15) is 0 Å². The highest BCUT2D eigenvalue weighted by molar-refractivity contribution is 5.78. The number of aromatic nitrogens is 2. The van der Waals surface area contributed by atoms with E-state index in [1.165, 1.54) is 6.07 Å². The molecule has 0 radical (unpaired) electrons. The SMILES string of the molecule is O=C(CN1Cc2ccccc2OC(c2ccccc2F)C1)NCCCn1ccnc1. The van der Waals surface area contributed by atoms with Gasteiger partial charge in [-0.1, -0.05) is 36.4 Å². The molecule has 30 heavy (non-hydrogen) atoms. The fraction of sp³-hybridized carbons (Fsp3) is 0.304. The van der Waals surface area contributed by atoms with Crippen LogP contribution in [0.2, 0.25) is 0 Å². The Bertz CT molecular complexity index is 977. The van der Waals surface area contributed by atoms with Crippen LogP contribution in [-0.4, -0.2) is 40.0 Å². The Labute approximate surface area is 175 Å². The van der Waals surface area contributed by atoms with E-state index in [1.807, 2.05) is 39.9 Å². The van der Waals surface area contributed by atoms with Gasteiger partial charge in [0.1, 0.15) is 17.7 Å². The van der Waals surface area contributed by atoms with Crippen molar-refractivity contribution in [3.8, 4) is 5.75 Å². The molecular weight excluding hydrogens is 383 g/mol. The number of nitrogens with zero attached hydrogens (tertiary/aromatic N) is 3. The molecule has 1 N–H and O–H groups in total. The van der Waals surface area contributed by atoms with E-state index >= 15 is 0 Å². The molecule has 0 saturated heterocycles. The molecule has 156 valence electrons. The Morgan fingerprint density at radius 2 is 2.03 bits per heavy atom. The van der Waals surface area contributed by atoms with Crippen LogP contribution in [0, 0.1) is 5.82 Å². The highest BCUT2D eigenvalue weighted by Crippen LogP contribution is 2.31. The van der Waals surface area contributed by atoms with E-state index in [4.69, 9.17) is 4.74 Å². The molecule has 1 unspecified atom stereocenters. The summed E-state index contributed by atoms with van der Waals surface area (Å²) in [4.78, 5) is 18.5. The van der Waals surface area contributed by atoms with E-state index in [1.54, 1.807) is 30.7 Å². The Balaban J connectivity index is 1.40. The number of aryl methyl sites for hydroxylation is 1. The number of hydrogen-bond donors (Lipinski definition) is 1. The summed E-state index contributed by atoms with van der Waals surface area (Å²) in [5.41, 5.74) is 1.49. The molecule has 6 nitrogen and oxygen atoms in total. The molecule has 0 saturated carbocycles. The number of amides is 1. The molecule has 1 aliphatic rings. The summed E-state index contributed by atoms with van der Waals surface area (Å²) in [6.07, 6.45) is 5.75. The number of benzene rings is 2. The van der Waals surface area contributed by atoms with Gasteiger partial charge in [-0.3, -0.25) is 9.69 Å². The first-order valence-corrected chi connectivity index (χ1v) is 10.1. The van der Waals surface area contributed by atoms with E-state index < -0.39 is 6.10 Å². The number of ether oxygens (including phenoxy) is 1. The van der Waals surface area contributed by atoms with Crippen molar-refractivity contribution in [3.63, 3.8) is 0 Å². The highest BCUT2D eigenvalue weighted by Gasteiger charge is 2.27. The number of nitrogens with one attached hydrogen (secondary N) is 1. The number of halogens is 1. The fourth-order valence-electron chi connectivity index (χ4n) is 3.67. The van der Waals surface area contributed by atoms with Crippen LogP contribution in [0.5, 0.6) is 5.75 Å². The second-order valence-electron chi connectivity index (χ2n) is 7.41. The maximum Gasteiger partial charge on any atom is 0.234 e. The van der Waals surface area contributed by atoms with Crippen molar-refractivity contribution in [2.24, 2.45) is 0 Å². The molecule has 0 spiro atoms. The van der Waals surface area contributed by atoms with Gasteiger partial charge in [0.25, 0.3) is 0 Å². The monoisotopic (exact) mass is 408 g/mol. The van der Waals surface area contributed by atoms with E-state index in [0.717, 1.165) is 24.3 Å². The van der Waals surface area contributed by atoms with Crippen LogP contribution in [0.3, 0.4) is 0 Å². The van der Waals surface area contributed by atoms with Crippen LogP contribution in [0.15, 0.2) is 67.3 Å². The predicted octanol–water partition coefficient (Wildman–Crippen LogP) is 3.16. The average molecular weight is 408 g/mol. The molecule has 4 rings (SSSR count). The maximum absolute atomic E-state index is 14.4. The lowest BCUT2D eigenvalue weighted by Crippen LogP contribution is -2.39.